The number of morpholine rings is 1. The summed E-state index contributed by atoms with van der Waals surface area (Å²) < 4.78 is 34.5. The first-order valence-corrected chi connectivity index (χ1v) is 11.4. The number of hydrogen-bond acceptors (Lipinski definition) is 5. The van der Waals surface area contributed by atoms with E-state index in [2.05, 4.69) is 4.98 Å². The van der Waals surface area contributed by atoms with Gasteiger partial charge in [-0.05, 0) is 25.0 Å². The molecule has 2 aliphatic heterocycles. The lowest BCUT2D eigenvalue weighted by atomic mass is 9.98. The fraction of sp³-hybridized carbons (Fsp3) is 0.579. The number of aryl methyl sites for hydroxylation is 1. The SMILES string of the molecule is O=C([C@@H]1CCCN(S(=O)(=O)CCn2cnc3ccccc32)C1)N1CCOCC1. The van der Waals surface area contributed by atoms with Crippen molar-refractivity contribution < 1.29 is 17.9 Å². The Morgan fingerprint density at radius 1 is 1.18 bits per heavy atom. The van der Waals surface area contributed by atoms with Crippen molar-refractivity contribution >= 4 is 27.0 Å². The van der Waals surface area contributed by atoms with E-state index < -0.39 is 10.0 Å². The van der Waals surface area contributed by atoms with Crippen molar-refractivity contribution in [3.05, 3.63) is 30.6 Å². The molecule has 2 saturated heterocycles. The number of ether oxygens (including phenoxy) is 1. The topological polar surface area (TPSA) is 84.7 Å². The Morgan fingerprint density at radius 3 is 2.79 bits per heavy atom. The van der Waals surface area contributed by atoms with Crippen molar-refractivity contribution in [2.75, 3.05) is 45.1 Å². The molecule has 28 heavy (non-hydrogen) atoms. The molecule has 0 saturated carbocycles. The maximum Gasteiger partial charge on any atom is 0.227 e. The average Bonchev–Trinajstić information content (AvgIpc) is 3.16. The molecule has 0 bridgehead atoms. The van der Waals surface area contributed by atoms with Crippen molar-refractivity contribution in [2.24, 2.45) is 5.92 Å². The van der Waals surface area contributed by atoms with Gasteiger partial charge >= 0.3 is 0 Å². The molecule has 3 heterocycles. The van der Waals surface area contributed by atoms with Gasteiger partial charge in [0.1, 0.15) is 0 Å². The number of aromatic nitrogens is 2. The first kappa shape index (κ1) is 19.4. The van der Waals surface area contributed by atoms with Gasteiger partial charge in [-0.2, -0.15) is 0 Å². The number of hydrogen-bond donors (Lipinski definition) is 0. The smallest absolute Gasteiger partial charge is 0.227 e. The lowest BCUT2D eigenvalue weighted by molar-refractivity contribution is -0.140. The number of benzene rings is 1. The Morgan fingerprint density at radius 2 is 1.96 bits per heavy atom. The standard InChI is InChI=1S/C19H26N4O4S/c24-19(21-8-11-27-12-9-21)16-4-3-7-23(14-16)28(25,26)13-10-22-15-20-17-5-1-2-6-18(17)22/h1-2,5-6,15-16H,3-4,7-14H2/t16-/m1/s1. The molecular formula is C19H26N4O4S. The van der Waals surface area contributed by atoms with Gasteiger partial charge in [-0.15, -0.1) is 0 Å². The van der Waals surface area contributed by atoms with E-state index in [1.54, 1.807) is 6.33 Å². The average molecular weight is 407 g/mol. The maximum atomic E-state index is 12.9. The van der Waals surface area contributed by atoms with Crippen LogP contribution in [0.25, 0.3) is 11.0 Å². The molecule has 1 atom stereocenters. The molecule has 0 unspecified atom stereocenters. The van der Waals surface area contributed by atoms with Crippen LogP contribution in [0.5, 0.6) is 0 Å². The fourth-order valence-corrected chi connectivity index (χ4v) is 5.47. The quantitative estimate of drug-likeness (QED) is 0.738. The van der Waals surface area contributed by atoms with Crippen LogP contribution in [0.2, 0.25) is 0 Å². The van der Waals surface area contributed by atoms with E-state index in [-0.39, 0.29) is 24.1 Å². The number of piperidine rings is 1. The summed E-state index contributed by atoms with van der Waals surface area (Å²) in [6.45, 7) is 3.41. The molecule has 152 valence electrons. The fourth-order valence-electron chi connectivity index (χ4n) is 3.97. The third-order valence-electron chi connectivity index (χ3n) is 5.57. The van der Waals surface area contributed by atoms with E-state index in [0.717, 1.165) is 17.5 Å². The van der Waals surface area contributed by atoms with E-state index in [0.29, 0.717) is 45.8 Å². The summed E-state index contributed by atoms with van der Waals surface area (Å²) in [4.78, 5) is 18.9. The van der Waals surface area contributed by atoms with Crippen LogP contribution in [-0.2, 0) is 26.1 Å². The van der Waals surface area contributed by atoms with E-state index in [1.165, 1.54) is 4.31 Å². The van der Waals surface area contributed by atoms with E-state index in [9.17, 15) is 13.2 Å². The molecule has 1 amide bonds. The van der Waals surface area contributed by atoms with Crippen molar-refractivity contribution in [3.63, 3.8) is 0 Å². The molecule has 2 aromatic rings. The van der Waals surface area contributed by atoms with Crippen LogP contribution in [0.4, 0.5) is 0 Å². The number of rotatable bonds is 5. The van der Waals surface area contributed by atoms with E-state index in [4.69, 9.17) is 4.74 Å². The molecule has 2 fully saturated rings. The van der Waals surface area contributed by atoms with Gasteiger partial charge < -0.3 is 14.2 Å². The van der Waals surface area contributed by atoms with Crippen LogP contribution in [-0.4, -0.2) is 78.2 Å². The van der Waals surface area contributed by atoms with Crippen LogP contribution in [0.1, 0.15) is 12.8 Å². The Kier molecular flexibility index (Phi) is 5.65. The first-order valence-electron chi connectivity index (χ1n) is 9.79. The number of carbonyl (C=O) groups excluding carboxylic acids is 1. The maximum absolute atomic E-state index is 12.9. The molecule has 0 spiro atoms. The van der Waals surface area contributed by atoms with Crippen LogP contribution in [0.15, 0.2) is 30.6 Å². The number of imidazole rings is 1. The number of carbonyl (C=O) groups is 1. The Bertz CT molecular complexity index is 936. The Balaban J connectivity index is 1.40. The molecule has 1 aromatic heterocycles. The molecule has 0 N–H and O–H groups in total. The number of fused-ring (bicyclic) bond motifs is 1. The third-order valence-corrected chi connectivity index (χ3v) is 7.38. The third kappa shape index (κ3) is 4.06. The van der Waals surface area contributed by atoms with Gasteiger partial charge in [0, 0.05) is 32.7 Å². The Hall–Kier alpha value is -1.97. The lowest BCUT2D eigenvalue weighted by Gasteiger charge is -2.35. The zero-order valence-electron chi connectivity index (χ0n) is 15.9. The van der Waals surface area contributed by atoms with Gasteiger partial charge in [0.2, 0.25) is 15.9 Å². The van der Waals surface area contributed by atoms with Gasteiger partial charge in [0.25, 0.3) is 0 Å². The molecule has 8 nitrogen and oxygen atoms in total. The van der Waals surface area contributed by atoms with Crippen LogP contribution in [0, 0.1) is 5.92 Å². The number of sulfonamides is 1. The monoisotopic (exact) mass is 406 g/mol. The molecule has 0 aliphatic carbocycles. The number of para-hydroxylation sites is 2. The predicted octanol–water partition coefficient (Wildman–Crippen LogP) is 0.937. The van der Waals surface area contributed by atoms with Gasteiger partial charge in [0.05, 0.1) is 42.2 Å². The summed E-state index contributed by atoms with van der Waals surface area (Å²) in [7, 11) is -3.44. The highest BCUT2D eigenvalue weighted by atomic mass is 32.2. The highest BCUT2D eigenvalue weighted by molar-refractivity contribution is 7.89. The van der Waals surface area contributed by atoms with E-state index >= 15 is 0 Å². The number of amides is 1. The van der Waals surface area contributed by atoms with Crippen LogP contribution in [0.3, 0.4) is 0 Å². The summed E-state index contributed by atoms with van der Waals surface area (Å²) in [6.07, 6.45) is 3.14. The second kappa shape index (κ2) is 8.18. The van der Waals surface area contributed by atoms with Gasteiger partial charge in [-0.3, -0.25) is 4.79 Å². The molecule has 9 heteroatoms. The molecule has 4 rings (SSSR count). The summed E-state index contributed by atoms with van der Waals surface area (Å²) in [6, 6.07) is 7.68. The number of nitrogens with zero attached hydrogens (tertiary/aromatic N) is 4. The second-order valence-electron chi connectivity index (χ2n) is 7.38. The predicted molar refractivity (Wildman–Crippen MR) is 105 cm³/mol. The summed E-state index contributed by atoms with van der Waals surface area (Å²) in [5, 5.41) is 0. The van der Waals surface area contributed by atoms with Gasteiger partial charge in [0.15, 0.2) is 0 Å². The highest BCUT2D eigenvalue weighted by Crippen LogP contribution is 2.22. The zero-order valence-corrected chi connectivity index (χ0v) is 16.7. The highest BCUT2D eigenvalue weighted by Gasteiger charge is 2.34. The minimum atomic E-state index is -3.44. The zero-order chi connectivity index (χ0) is 19.6. The molecular weight excluding hydrogens is 380 g/mol. The van der Waals surface area contributed by atoms with Crippen molar-refractivity contribution in [3.8, 4) is 0 Å². The van der Waals surface area contributed by atoms with Crippen LogP contribution >= 0.6 is 0 Å². The second-order valence-corrected chi connectivity index (χ2v) is 9.47. The van der Waals surface area contributed by atoms with Crippen LogP contribution < -0.4 is 0 Å². The van der Waals surface area contributed by atoms with Crippen molar-refractivity contribution in [1.82, 2.24) is 18.8 Å². The Labute approximate surface area is 165 Å². The first-order chi connectivity index (χ1) is 13.5. The minimum Gasteiger partial charge on any atom is -0.378 e. The minimum absolute atomic E-state index is 0.00577. The summed E-state index contributed by atoms with van der Waals surface area (Å²) in [5.74, 6) is -0.189. The normalized spacial score (nSPS) is 21.9. The van der Waals surface area contributed by atoms with Gasteiger partial charge in [-0.1, -0.05) is 12.1 Å². The molecule has 1 aromatic carbocycles. The summed E-state index contributed by atoms with van der Waals surface area (Å²) >= 11 is 0. The van der Waals surface area contributed by atoms with Crippen molar-refractivity contribution in [1.29, 1.82) is 0 Å². The van der Waals surface area contributed by atoms with Crippen molar-refractivity contribution in [2.45, 2.75) is 19.4 Å². The molecule has 2 aliphatic rings. The molecule has 0 radical (unpaired) electrons. The van der Waals surface area contributed by atoms with E-state index in [1.807, 2.05) is 33.7 Å². The summed E-state index contributed by atoms with van der Waals surface area (Å²) in [5.41, 5.74) is 1.78. The largest absolute Gasteiger partial charge is 0.378 e. The van der Waals surface area contributed by atoms with Gasteiger partial charge in [-0.25, -0.2) is 17.7 Å². The lowest BCUT2D eigenvalue weighted by Crippen LogP contribution is -2.50.